The lowest BCUT2D eigenvalue weighted by atomic mass is 10.00. The molecule has 2 aromatic rings. The SMILES string of the molecule is NCc1ncc([C@@]23C[C@H](N(CCCN4CC[C@H](O)C4)C(=O)Nc4ccc(F)c(C(F)(F)F)c4)C[C@@H]2C3)s1. The largest absolute Gasteiger partial charge is 0.419 e. The summed E-state index contributed by atoms with van der Waals surface area (Å²) in [4.78, 5) is 22.8. The number of alkyl halides is 3. The second-order valence-corrected chi connectivity index (χ2v) is 11.5. The Morgan fingerprint density at radius 2 is 2.16 bits per heavy atom. The van der Waals surface area contributed by atoms with Crippen LogP contribution >= 0.6 is 11.3 Å². The molecule has 12 heteroatoms. The average molecular weight is 542 g/mol. The van der Waals surface area contributed by atoms with Gasteiger partial charge in [0.2, 0.25) is 0 Å². The number of β-amino-alcohol motifs (C(OH)–C–C–N with tert-alkyl or cyclic N) is 1. The predicted molar refractivity (Wildman–Crippen MR) is 132 cm³/mol. The van der Waals surface area contributed by atoms with Crippen LogP contribution in [0.5, 0.6) is 0 Å². The Kier molecular flexibility index (Phi) is 7.20. The number of nitrogens with two attached hydrogens (primary N) is 1. The molecule has 2 amide bonds. The zero-order valence-corrected chi connectivity index (χ0v) is 21.1. The molecule has 2 aliphatic carbocycles. The first kappa shape index (κ1) is 26.3. The molecule has 7 nitrogen and oxygen atoms in total. The Labute approximate surface area is 216 Å². The summed E-state index contributed by atoms with van der Waals surface area (Å²) in [5, 5.41) is 13.2. The van der Waals surface area contributed by atoms with Gasteiger partial charge in [-0.2, -0.15) is 13.2 Å². The number of aliphatic hydroxyl groups excluding tert-OH is 1. The van der Waals surface area contributed by atoms with Crippen molar-refractivity contribution in [1.29, 1.82) is 0 Å². The van der Waals surface area contributed by atoms with Crippen molar-refractivity contribution in [1.82, 2.24) is 14.8 Å². The Bertz CT molecular complexity index is 1140. The van der Waals surface area contributed by atoms with Crippen molar-refractivity contribution in [2.45, 2.75) is 62.4 Å². The van der Waals surface area contributed by atoms with Gasteiger partial charge in [-0.1, -0.05) is 0 Å². The molecule has 2 heterocycles. The minimum absolute atomic E-state index is 0.0212. The molecule has 0 unspecified atom stereocenters. The number of nitrogens with one attached hydrogen (secondary N) is 1. The summed E-state index contributed by atoms with van der Waals surface area (Å²) in [7, 11) is 0. The molecule has 3 fully saturated rings. The van der Waals surface area contributed by atoms with E-state index in [0.29, 0.717) is 44.6 Å². The van der Waals surface area contributed by atoms with Gasteiger partial charge < -0.3 is 26.0 Å². The lowest BCUT2D eigenvalue weighted by Gasteiger charge is -2.32. The van der Waals surface area contributed by atoms with E-state index >= 15 is 0 Å². The fourth-order valence-electron chi connectivity index (χ4n) is 5.99. The number of fused-ring (bicyclic) bond motifs is 1. The summed E-state index contributed by atoms with van der Waals surface area (Å²) in [6, 6.07) is 1.94. The van der Waals surface area contributed by atoms with Crippen molar-refractivity contribution in [3.63, 3.8) is 0 Å². The smallest absolute Gasteiger partial charge is 0.392 e. The van der Waals surface area contributed by atoms with E-state index in [-0.39, 0.29) is 23.2 Å². The van der Waals surface area contributed by atoms with Gasteiger partial charge in [-0.25, -0.2) is 14.2 Å². The number of likely N-dealkylation sites (tertiary alicyclic amines) is 1. The highest BCUT2D eigenvalue weighted by molar-refractivity contribution is 7.11. The minimum atomic E-state index is -4.86. The zero-order chi connectivity index (χ0) is 26.4. The summed E-state index contributed by atoms with van der Waals surface area (Å²) in [6.45, 7) is 2.92. The summed E-state index contributed by atoms with van der Waals surface area (Å²) in [6.07, 6.45) is 0.687. The molecule has 1 aromatic heterocycles. The number of aliphatic hydroxyl groups is 1. The Balaban J connectivity index is 1.31. The highest BCUT2D eigenvalue weighted by Crippen LogP contribution is 2.66. The average Bonchev–Trinajstić information content (AvgIpc) is 3.25. The van der Waals surface area contributed by atoms with Gasteiger partial charge in [0.1, 0.15) is 10.8 Å². The van der Waals surface area contributed by atoms with Crippen LogP contribution in [-0.4, -0.2) is 64.2 Å². The lowest BCUT2D eigenvalue weighted by molar-refractivity contribution is -0.139. The quantitative estimate of drug-likeness (QED) is 0.436. The third-order valence-corrected chi connectivity index (χ3v) is 9.19. The number of rotatable bonds is 8. The molecule has 202 valence electrons. The second-order valence-electron chi connectivity index (χ2n) is 10.4. The second kappa shape index (κ2) is 10.1. The molecule has 2 saturated carbocycles. The number of urea groups is 1. The number of halogens is 4. The van der Waals surface area contributed by atoms with Gasteiger partial charge in [-0.15, -0.1) is 11.3 Å². The molecule has 37 heavy (non-hydrogen) atoms. The van der Waals surface area contributed by atoms with Gasteiger partial charge >= 0.3 is 12.2 Å². The Morgan fingerprint density at radius 1 is 1.35 bits per heavy atom. The van der Waals surface area contributed by atoms with E-state index < -0.39 is 23.6 Å². The predicted octanol–water partition coefficient (Wildman–Crippen LogP) is 4.17. The summed E-state index contributed by atoms with van der Waals surface area (Å²) in [5.41, 5.74) is 4.21. The molecule has 3 aliphatic rings. The summed E-state index contributed by atoms with van der Waals surface area (Å²) in [5.74, 6) is -0.954. The fraction of sp³-hybridized carbons (Fsp3) is 0.600. The van der Waals surface area contributed by atoms with Gasteiger partial charge in [0.25, 0.3) is 0 Å². The molecule has 4 atom stereocenters. The minimum Gasteiger partial charge on any atom is -0.392 e. The molecular weight excluding hydrogens is 510 g/mol. The molecule has 4 N–H and O–H groups in total. The highest BCUT2D eigenvalue weighted by Gasteiger charge is 2.63. The van der Waals surface area contributed by atoms with Gasteiger partial charge in [-0.3, -0.25) is 0 Å². The number of thiazole rings is 1. The van der Waals surface area contributed by atoms with Crippen LogP contribution in [0.4, 0.5) is 28.0 Å². The standard InChI is InChI=1S/C25H31F4N5O2S/c26-20-3-2-16(9-19(20)25(27,28)29)32-23(36)34(6-1-5-33-7-4-18(35)14-33)17-8-15-10-24(15,11-17)21-13-31-22(12-30)37-21/h2-3,9,13,15,17-18,35H,1,4-8,10-12,14,30H2,(H,32,36)/t15-,17-,18+,24+/m1/s1. The van der Waals surface area contributed by atoms with Crippen LogP contribution in [0, 0.1) is 11.7 Å². The Hall–Kier alpha value is -2.28. The zero-order valence-electron chi connectivity index (χ0n) is 20.3. The molecule has 0 spiro atoms. The number of amides is 2. The molecule has 1 aromatic carbocycles. The number of benzene rings is 1. The summed E-state index contributed by atoms with van der Waals surface area (Å²) >= 11 is 1.61. The van der Waals surface area contributed by atoms with E-state index in [1.54, 1.807) is 16.2 Å². The molecule has 1 saturated heterocycles. The maximum absolute atomic E-state index is 13.8. The topological polar surface area (TPSA) is 94.7 Å². The van der Waals surface area contributed by atoms with E-state index in [2.05, 4.69) is 15.2 Å². The number of hydrogen-bond donors (Lipinski definition) is 3. The van der Waals surface area contributed by atoms with Crippen LogP contribution in [-0.2, 0) is 18.1 Å². The van der Waals surface area contributed by atoms with E-state index in [4.69, 9.17) is 5.73 Å². The molecule has 0 radical (unpaired) electrons. The number of nitrogens with zero attached hydrogens (tertiary/aromatic N) is 3. The van der Waals surface area contributed by atoms with Crippen LogP contribution in [0.2, 0.25) is 0 Å². The first-order chi connectivity index (χ1) is 17.6. The van der Waals surface area contributed by atoms with Crippen LogP contribution in [0.25, 0.3) is 0 Å². The monoisotopic (exact) mass is 541 g/mol. The maximum atomic E-state index is 13.8. The van der Waals surface area contributed by atoms with Gasteiger partial charge in [0.05, 0.1) is 11.7 Å². The summed E-state index contributed by atoms with van der Waals surface area (Å²) < 4.78 is 53.3. The van der Waals surface area contributed by atoms with Gasteiger partial charge in [0, 0.05) is 54.4 Å². The molecule has 0 bridgehead atoms. The third-order valence-electron chi connectivity index (χ3n) is 7.95. The maximum Gasteiger partial charge on any atom is 0.419 e. The van der Waals surface area contributed by atoms with Crippen molar-refractivity contribution < 1.29 is 27.5 Å². The van der Waals surface area contributed by atoms with Crippen LogP contribution < -0.4 is 11.1 Å². The molecular formula is C25H31F4N5O2S. The van der Waals surface area contributed by atoms with E-state index in [0.717, 1.165) is 49.4 Å². The number of carbonyl (C=O) groups is 1. The molecule has 1 aliphatic heterocycles. The van der Waals surface area contributed by atoms with Crippen molar-refractivity contribution in [3.05, 3.63) is 45.7 Å². The normalized spacial score (nSPS) is 27.4. The van der Waals surface area contributed by atoms with Crippen LogP contribution in [0.15, 0.2) is 24.4 Å². The first-order valence-corrected chi connectivity index (χ1v) is 13.4. The van der Waals surface area contributed by atoms with Crippen molar-refractivity contribution >= 4 is 23.1 Å². The highest BCUT2D eigenvalue weighted by atomic mass is 32.1. The van der Waals surface area contributed by atoms with Crippen molar-refractivity contribution in [2.75, 3.05) is 31.5 Å². The number of anilines is 1. The van der Waals surface area contributed by atoms with Crippen LogP contribution in [0.1, 0.15) is 47.6 Å². The van der Waals surface area contributed by atoms with E-state index in [1.807, 2.05) is 6.20 Å². The lowest BCUT2D eigenvalue weighted by Crippen LogP contribution is -2.44. The first-order valence-electron chi connectivity index (χ1n) is 12.6. The number of aromatic nitrogens is 1. The van der Waals surface area contributed by atoms with Gasteiger partial charge in [0.15, 0.2) is 0 Å². The number of carbonyl (C=O) groups excluding carboxylic acids is 1. The van der Waals surface area contributed by atoms with E-state index in [1.165, 1.54) is 4.88 Å². The number of hydrogen-bond acceptors (Lipinski definition) is 6. The van der Waals surface area contributed by atoms with Crippen molar-refractivity contribution in [3.8, 4) is 0 Å². The van der Waals surface area contributed by atoms with Crippen molar-refractivity contribution in [2.24, 2.45) is 11.7 Å². The molecule has 5 rings (SSSR count). The Morgan fingerprint density at radius 3 is 2.84 bits per heavy atom. The van der Waals surface area contributed by atoms with Crippen LogP contribution in [0.3, 0.4) is 0 Å². The third kappa shape index (κ3) is 5.47. The van der Waals surface area contributed by atoms with E-state index in [9.17, 15) is 27.5 Å². The fourth-order valence-corrected chi connectivity index (χ4v) is 7.08. The van der Waals surface area contributed by atoms with Gasteiger partial charge in [-0.05, 0) is 62.8 Å².